The van der Waals surface area contributed by atoms with E-state index >= 15 is 0 Å². The Morgan fingerprint density at radius 1 is 0.400 bits per heavy atom. The van der Waals surface area contributed by atoms with Crippen LogP contribution in [0.4, 0.5) is 0 Å². The van der Waals surface area contributed by atoms with Gasteiger partial charge in [0.2, 0.25) is 0 Å². The van der Waals surface area contributed by atoms with Crippen LogP contribution in [0.1, 0.15) is 0 Å². The molecule has 0 rings (SSSR count). The molecule has 0 bridgehead atoms. The molecule has 0 fully saturated rings. The van der Waals surface area contributed by atoms with Crippen LogP contribution >= 0.6 is 0 Å². The third-order valence-electron chi connectivity index (χ3n) is 0. The zero-order valence-electron chi connectivity index (χ0n) is 2.81. The minimum absolute atomic E-state index is 0. The normalized spacial score (nSPS) is 0. The average Bonchev–Trinajstić information content (AvgIpc) is 0. The van der Waals surface area contributed by atoms with E-state index in [1.807, 2.05) is 0 Å². The fourth-order valence-electron chi connectivity index (χ4n) is 0. The first kappa shape index (κ1) is 244. The van der Waals surface area contributed by atoms with Crippen molar-refractivity contribution in [2.75, 3.05) is 0 Å². The van der Waals surface area contributed by atoms with Gasteiger partial charge in [-0.25, -0.2) is 0 Å². The van der Waals surface area contributed by atoms with Crippen molar-refractivity contribution in [2.45, 2.75) is 0 Å². The maximum Gasteiger partial charge on any atom is 4.00 e. The Morgan fingerprint density at radius 3 is 0.400 bits per heavy atom. The van der Waals surface area contributed by atoms with Gasteiger partial charge in [0.15, 0.2) is 0 Å². The average molecular weight is 155 g/mol. The summed E-state index contributed by atoms with van der Waals surface area (Å²) in [6.07, 6.45) is 0. The second-order valence-electron chi connectivity index (χ2n) is 0. The molecule has 0 aromatic heterocycles. The summed E-state index contributed by atoms with van der Waals surface area (Å²) in [7, 11) is 0. The summed E-state index contributed by atoms with van der Waals surface area (Å²) in [5.74, 6) is 0. The van der Waals surface area contributed by atoms with Crippen molar-refractivity contribution >= 4 is 0 Å². The van der Waals surface area contributed by atoms with E-state index < -0.39 is 0 Å². The van der Waals surface area contributed by atoms with Crippen LogP contribution in [0.2, 0.25) is 0 Å². The fourth-order valence-corrected chi connectivity index (χ4v) is 0. The third kappa shape index (κ3) is 67.0. The minimum Gasteiger partial charge on any atom is -0.693 e. The first-order valence-corrected chi connectivity index (χ1v) is 0. The molecule has 32 valence electrons. The van der Waals surface area contributed by atoms with Crippen LogP contribution in [0.3, 0.4) is 0 Å². The van der Waals surface area contributed by atoms with Gasteiger partial charge in [0.05, 0.1) is 0 Å². The molecule has 8 N–H and O–H groups in total. The predicted molar refractivity (Wildman–Crippen MR) is 21.1 cm³/mol. The molecule has 0 aliphatic carbocycles. The van der Waals surface area contributed by atoms with Gasteiger partial charge in [0.25, 0.3) is 0 Å². The smallest absolute Gasteiger partial charge is 0.693 e. The summed E-state index contributed by atoms with van der Waals surface area (Å²) in [5, 5.41) is 0. The Bertz CT molecular complexity index is 3.61. The van der Waals surface area contributed by atoms with Crippen molar-refractivity contribution in [3.05, 3.63) is 24.6 Å². The summed E-state index contributed by atoms with van der Waals surface area (Å²) in [6, 6.07) is 0. The van der Waals surface area contributed by atoms with Crippen molar-refractivity contribution in [1.82, 2.24) is 0 Å². The Kier molecular flexibility index (Phi) is 6110. The van der Waals surface area contributed by atoms with Gasteiger partial charge in [0.1, 0.15) is 0 Å². The van der Waals surface area contributed by atoms with Gasteiger partial charge in [-0.2, -0.15) is 0 Å². The van der Waals surface area contributed by atoms with Crippen LogP contribution in [-0.4, -0.2) is 0 Å². The molecule has 5 heavy (non-hydrogen) atoms. The quantitative estimate of drug-likeness (QED) is 0.508. The Hall–Kier alpha value is 0.723. The van der Waals surface area contributed by atoms with Crippen LogP contribution < -0.4 is 0 Å². The van der Waals surface area contributed by atoms with E-state index in [0.717, 1.165) is 0 Å². The maximum atomic E-state index is 0. The standard InChI is InChI=1S/4H2N.Zr/h4*1H2;/q4*-1;+4. The van der Waals surface area contributed by atoms with Gasteiger partial charge in [-0.05, 0) is 0 Å². The molecule has 0 aromatic rings. The van der Waals surface area contributed by atoms with Gasteiger partial charge in [0, 0.05) is 0 Å². The second kappa shape index (κ2) is 125. The van der Waals surface area contributed by atoms with Gasteiger partial charge in [-0.15, -0.1) is 0 Å². The number of nitrogens with two attached hydrogens (primary N) is 4. The molecule has 0 aromatic carbocycles. The SMILES string of the molecule is [NH2-].[NH2-].[NH2-].[NH2-].[Zr+4]. The molecule has 0 aliphatic heterocycles. The molecule has 0 aliphatic rings. The summed E-state index contributed by atoms with van der Waals surface area (Å²) in [6.45, 7) is 0. The summed E-state index contributed by atoms with van der Waals surface area (Å²) >= 11 is 0. The summed E-state index contributed by atoms with van der Waals surface area (Å²) in [5.41, 5.74) is 0. The van der Waals surface area contributed by atoms with Crippen molar-refractivity contribution in [2.24, 2.45) is 0 Å². The Morgan fingerprint density at radius 2 is 0.400 bits per heavy atom. The van der Waals surface area contributed by atoms with E-state index in [0.29, 0.717) is 0 Å². The minimum atomic E-state index is 0. The van der Waals surface area contributed by atoms with Crippen LogP contribution in [0.25, 0.3) is 24.6 Å². The Balaban J connectivity index is 0. The van der Waals surface area contributed by atoms with Crippen LogP contribution in [0.15, 0.2) is 0 Å². The van der Waals surface area contributed by atoms with Crippen LogP contribution in [0, 0.1) is 0 Å². The first-order chi connectivity index (χ1) is 0. The molecule has 0 unspecified atom stereocenters. The second-order valence-corrected chi connectivity index (χ2v) is 0. The van der Waals surface area contributed by atoms with E-state index in [1.54, 1.807) is 0 Å². The van der Waals surface area contributed by atoms with Gasteiger partial charge >= 0.3 is 26.2 Å². The van der Waals surface area contributed by atoms with Crippen molar-refractivity contribution < 1.29 is 26.2 Å². The van der Waals surface area contributed by atoms with Gasteiger partial charge in [-0.1, -0.05) is 0 Å². The van der Waals surface area contributed by atoms with Crippen molar-refractivity contribution in [3.63, 3.8) is 0 Å². The predicted octanol–water partition coefficient (Wildman–Crippen LogP) is 2.87. The zero-order valence-corrected chi connectivity index (χ0v) is 5.27. The van der Waals surface area contributed by atoms with Crippen LogP contribution in [0.5, 0.6) is 0 Å². The monoisotopic (exact) mass is 154 g/mol. The van der Waals surface area contributed by atoms with E-state index in [-0.39, 0.29) is 50.8 Å². The molecule has 0 saturated carbocycles. The van der Waals surface area contributed by atoms with Crippen LogP contribution in [-0.2, 0) is 26.2 Å². The van der Waals surface area contributed by atoms with E-state index in [2.05, 4.69) is 0 Å². The largest absolute Gasteiger partial charge is 4.00 e. The summed E-state index contributed by atoms with van der Waals surface area (Å²) < 4.78 is 0. The zero-order chi connectivity index (χ0) is 0. The number of rotatable bonds is 0. The van der Waals surface area contributed by atoms with E-state index in [4.69, 9.17) is 0 Å². The molecule has 0 amide bonds. The molecule has 0 radical (unpaired) electrons. The summed E-state index contributed by atoms with van der Waals surface area (Å²) in [4.78, 5) is 0. The molecule has 5 heteroatoms. The molecule has 0 heterocycles. The van der Waals surface area contributed by atoms with E-state index in [9.17, 15) is 0 Å². The van der Waals surface area contributed by atoms with Crippen molar-refractivity contribution in [1.29, 1.82) is 0 Å². The van der Waals surface area contributed by atoms with Crippen molar-refractivity contribution in [3.8, 4) is 0 Å². The first-order valence-electron chi connectivity index (χ1n) is 0. The molecule has 0 spiro atoms. The molecule has 0 saturated heterocycles. The molecule has 4 nitrogen and oxygen atoms in total. The number of hydrogen-bond acceptors (Lipinski definition) is 0. The fraction of sp³-hybridized carbons (Fsp3) is 0. The Labute approximate surface area is 51.2 Å². The third-order valence-corrected chi connectivity index (χ3v) is 0. The van der Waals surface area contributed by atoms with Gasteiger partial charge < -0.3 is 24.6 Å². The maximum absolute atomic E-state index is 0. The molecular formula is H8N4Zr. The van der Waals surface area contributed by atoms with Gasteiger partial charge in [-0.3, -0.25) is 0 Å². The topological polar surface area (TPSA) is 134 Å². The van der Waals surface area contributed by atoms with E-state index in [1.165, 1.54) is 0 Å². The number of hydrogen-bond donors (Lipinski definition) is 0. The molecular weight excluding hydrogens is 147 g/mol. The molecule has 0 atom stereocenters.